The third-order valence-corrected chi connectivity index (χ3v) is 3.52. The Morgan fingerprint density at radius 2 is 2.27 bits per heavy atom. The molecule has 0 amide bonds. The van der Waals surface area contributed by atoms with Crippen LogP contribution in [-0.4, -0.2) is 14.3 Å². The van der Waals surface area contributed by atoms with Crippen molar-refractivity contribution in [2.24, 2.45) is 0 Å². The molecule has 0 atom stereocenters. The van der Waals surface area contributed by atoms with Crippen molar-refractivity contribution in [2.75, 3.05) is 5.32 Å². The van der Waals surface area contributed by atoms with E-state index in [1.165, 1.54) is 11.5 Å². The van der Waals surface area contributed by atoms with Crippen LogP contribution in [0, 0.1) is 6.92 Å². The maximum Gasteiger partial charge on any atom is 0.202 e. The average Bonchev–Trinajstić information content (AvgIpc) is 2.83. The fraction of sp³-hybridized carbons (Fsp3) is 0.444. The highest BCUT2D eigenvalue weighted by Gasteiger charge is 2.03. The van der Waals surface area contributed by atoms with Crippen LogP contribution in [0.1, 0.15) is 23.4 Å². The van der Waals surface area contributed by atoms with Crippen LogP contribution in [0.5, 0.6) is 0 Å². The Kier molecular flexibility index (Phi) is 3.27. The zero-order valence-corrected chi connectivity index (χ0v) is 10.3. The quantitative estimate of drug-likeness (QED) is 0.892. The van der Waals surface area contributed by atoms with Crippen molar-refractivity contribution in [1.29, 1.82) is 0 Å². The molecule has 0 aliphatic carbocycles. The average molecular weight is 240 g/mol. The van der Waals surface area contributed by atoms with E-state index in [2.05, 4.69) is 32.0 Å². The van der Waals surface area contributed by atoms with Gasteiger partial charge in [-0.05, 0) is 6.92 Å². The molecule has 80 valence electrons. The maximum absolute atomic E-state index is 4.37. The smallest absolute Gasteiger partial charge is 0.202 e. The summed E-state index contributed by atoms with van der Waals surface area (Å²) in [5.41, 5.74) is 1.07. The minimum absolute atomic E-state index is 0.733. The monoisotopic (exact) mass is 240 g/mol. The largest absolute Gasteiger partial charge is 0.354 e. The van der Waals surface area contributed by atoms with Gasteiger partial charge in [-0.25, -0.2) is 9.97 Å². The molecule has 1 N–H and O–H groups in total. The van der Waals surface area contributed by atoms with E-state index >= 15 is 0 Å². The van der Waals surface area contributed by atoms with Crippen LogP contribution in [0.3, 0.4) is 0 Å². The van der Waals surface area contributed by atoms with E-state index in [0.29, 0.717) is 0 Å². The van der Waals surface area contributed by atoms with Crippen LogP contribution in [0.4, 0.5) is 5.13 Å². The number of aryl methyl sites for hydroxylation is 2. The molecule has 2 heterocycles. The van der Waals surface area contributed by atoms with Gasteiger partial charge in [-0.1, -0.05) is 6.92 Å². The third-order valence-electron chi connectivity index (χ3n) is 1.84. The predicted octanol–water partition coefficient (Wildman–Crippen LogP) is 2.48. The lowest BCUT2D eigenvalue weighted by atomic mass is 10.5. The Morgan fingerprint density at radius 3 is 2.87 bits per heavy atom. The summed E-state index contributed by atoms with van der Waals surface area (Å²) < 4.78 is 4.20. The zero-order chi connectivity index (χ0) is 10.7. The second-order valence-electron chi connectivity index (χ2n) is 3.11. The summed E-state index contributed by atoms with van der Waals surface area (Å²) in [6.45, 7) is 4.78. The van der Waals surface area contributed by atoms with E-state index in [-0.39, 0.29) is 0 Å². The second kappa shape index (κ2) is 4.67. The lowest BCUT2D eigenvalue weighted by Gasteiger charge is -1.96. The van der Waals surface area contributed by atoms with Crippen LogP contribution in [0.25, 0.3) is 0 Å². The number of rotatable bonds is 4. The predicted molar refractivity (Wildman–Crippen MR) is 63.5 cm³/mol. The second-order valence-corrected chi connectivity index (χ2v) is 4.80. The SMILES string of the molecule is CCc1nsc(NCc2nc(C)cs2)n1. The Labute approximate surface area is 96.6 Å². The summed E-state index contributed by atoms with van der Waals surface area (Å²) in [6.07, 6.45) is 0.883. The molecule has 0 fully saturated rings. The van der Waals surface area contributed by atoms with Crippen LogP contribution in [0.2, 0.25) is 0 Å². The molecule has 0 radical (unpaired) electrons. The number of nitrogens with zero attached hydrogens (tertiary/aromatic N) is 3. The molecule has 0 bridgehead atoms. The Balaban J connectivity index is 1.93. The van der Waals surface area contributed by atoms with Crippen LogP contribution in [0.15, 0.2) is 5.38 Å². The number of thiazole rings is 1. The van der Waals surface area contributed by atoms with Gasteiger partial charge in [0, 0.05) is 29.0 Å². The van der Waals surface area contributed by atoms with Gasteiger partial charge >= 0.3 is 0 Å². The molecule has 2 rings (SSSR count). The van der Waals surface area contributed by atoms with Crippen molar-refractivity contribution in [3.8, 4) is 0 Å². The molecule has 2 aromatic rings. The molecule has 0 spiro atoms. The Bertz CT molecular complexity index is 435. The van der Waals surface area contributed by atoms with Crippen molar-refractivity contribution in [3.05, 3.63) is 21.9 Å². The molecule has 0 saturated heterocycles. The molecule has 15 heavy (non-hydrogen) atoms. The fourth-order valence-corrected chi connectivity index (χ4v) is 2.46. The van der Waals surface area contributed by atoms with Crippen LogP contribution in [-0.2, 0) is 13.0 Å². The number of aromatic nitrogens is 3. The minimum atomic E-state index is 0.733. The number of anilines is 1. The van der Waals surface area contributed by atoms with Gasteiger partial charge in [0.05, 0.1) is 6.54 Å². The molecule has 0 saturated carbocycles. The van der Waals surface area contributed by atoms with Crippen molar-refractivity contribution in [2.45, 2.75) is 26.8 Å². The molecule has 0 aliphatic rings. The van der Waals surface area contributed by atoms with Gasteiger partial charge < -0.3 is 5.32 Å². The van der Waals surface area contributed by atoms with E-state index in [0.717, 1.165) is 34.6 Å². The molecular formula is C9H12N4S2. The standard InChI is InChI=1S/C9H12N4S2/c1-3-7-12-9(15-13-7)10-4-8-11-6(2)5-14-8/h5H,3-4H2,1-2H3,(H,10,12,13). The van der Waals surface area contributed by atoms with Crippen molar-refractivity contribution in [1.82, 2.24) is 14.3 Å². The topological polar surface area (TPSA) is 50.7 Å². The summed E-state index contributed by atoms with van der Waals surface area (Å²) in [5.74, 6) is 0.901. The first kappa shape index (κ1) is 10.5. The van der Waals surface area contributed by atoms with Gasteiger partial charge in [0.1, 0.15) is 10.8 Å². The highest BCUT2D eigenvalue weighted by atomic mass is 32.1. The first-order valence-corrected chi connectivity index (χ1v) is 6.40. The van der Waals surface area contributed by atoms with Crippen molar-refractivity contribution >= 4 is 28.0 Å². The molecule has 6 heteroatoms. The van der Waals surface area contributed by atoms with Gasteiger partial charge in [-0.3, -0.25) is 0 Å². The maximum atomic E-state index is 4.37. The van der Waals surface area contributed by atoms with Crippen molar-refractivity contribution < 1.29 is 0 Å². The van der Waals surface area contributed by atoms with Crippen LogP contribution >= 0.6 is 22.9 Å². The van der Waals surface area contributed by atoms with E-state index in [9.17, 15) is 0 Å². The summed E-state index contributed by atoms with van der Waals surface area (Å²) in [6, 6.07) is 0. The van der Waals surface area contributed by atoms with Gasteiger partial charge in [-0.2, -0.15) is 4.37 Å². The van der Waals surface area contributed by atoms with E-state index < -0.39 is 0 Å². The van der Waals surface area contributed by atoms with Gasteiger partial charge in [0.25, 0.3) is 0 Å². The fourth-order valence-electron chi connectivity index (χ4n) is 1.10. The first-order valence-electron chi connectivity index (χ1n) is 4.75. The number of nitrogens with one attached hydrogen (secondary N) is 1. The minimum Gasteiger partial charge on any atom is -0.354 e. The normalized spacial score (nSPS) is 10.5. The lowest BCUT2D eigenvalue weighted by molar-refractivity contribution is 0.989. The molecule has 0 unspecified atom stereocenters. The summed E-state index contributed by atoms with van der Waals surface area (Å²) in [7, 11) is 0. The van der Waals surface area contributed by atoms with Gasteiger partial charge in [0.2, 0.25) is 5.13 Å². The Morgan fingerprint density at radius 1 is 1.40 bits per heavy atom. The Hall–Kier alpha value is -1.01. The van der Waals surface area contributed by atoms with E-state index in [4.69, 9.17) is 0 Å². The lowest BCUT2D eigenvalue weighted by Crippen LogP contribution is -1.98. The van der Waals surface area contributed by atoms with Gasteiger partial charge in [0.15, 0.2) is 0 Å². The van der Waals surface area contributed by atoms with E-state index in [1.807, 2.05) is 6.92 Å². The summed E-state index contributed by atoms with van der Waals surface area (Å²) in [5, 5.41) is 7.23. The highest BCUT2D eigenvalue weighted by molar-refractivity contribution is 7.10. The van der Waals surface area contributed by atoms with Crippen LogP contribution < -0.4 is 5.32 Å². The summed E-state index contributed by atoms with van der Waals surface area (Å²) in [4.78, 5) is 8.69. The number of hydrogen-bond donors (Lipinski definition) is 1. The summed E-state index contributed by atoms with van der Waals surface area (Å²) >= 11 is 3.07. The zero-order valence-electron chi connectivity index (χ0n) is 8.65. The highest BCUT2D eigenvalue weighted by Crippen LogP contribution is 2.14. The van der Waals surface area contributed by atoms with E-state index in [1.54, 1.807) is 11.3 Å². The molecule has 2 aromatic heterocycles. The van der Waals surface area contributed by atoms with Gasteiger partial charge in [-0.15, -0.1) is 11.3 Å². The molecule has 4 nitrogen and oxygen atoms in total. The molecule has 0 aliphatic heterocycles. The first-order chi connectivity index (χ1) is 7.28. The molecular weight excluding hydrogens is 228 g/mol. The van der Waals surface area contributed by atoms with Crippen molar-refractivity contribution in [3.63, 3.8) is 0 Å². The number of hydrogen-bond acceptors (Lipinski definition) is 6. The molecule has 0 aromatic carbocycles. The third kappa shape index (κ3) is 2.73.